The zero-order valence-corrected chi connectivity index (χ0v) is 9.90. The topological polar surface area (TPSA) is 44.5 Å². The molecule has 88 valence electrons. The van der Waals surface area contributed by atoms with Gasteiger partial charge in [0.1, 0.15) is 11.9 Å². The van der Waals surface area contributed by atoms with Crippen LogP contribution in [0.5, 0.6) is 5.75 Å². The SMILES string of the molecule is CCC1Oc2ccc(CCOC)cc2C1N. The van der Waals surface area contributed by atoms with Crippen molar-refractivity contribution >= 4 is 0 Å². The Kier molecular flexibility index (Phi) is 3.46. The maximum absolute atomic E-state index is 6.14. The molecule has 0 saturated carbocycles. The molecule has 0 spiro atoms. The Bertz CT molecular complexity index is 365. The van der Waals surface area contributed by atoms with E-state index in [0.29, 0.717) is 0 Å². The van der Waals surface area contributed by atoms with Gasteiger partial charge in [-0.25, -0.2) is 0 Å². The number of rotatable bonds is 4. The molecule has 16 heavy (non-hydrogen) atoms. The summed E-state index contributed by atoms with van der Waals surface area (Å²) < 4.78 is 10.8. The number of hydrogen-bond donors (Lipinski definition) is 1. The molecular weight excluding hydrogens is 202 g/mol. The van der Waals surface area contributed by atoms with E-state index < -0.39 is 0 Å². The highest BCUT2D eigenvalue weighted by atomic mass is 16.5. The molecule has 1 aliphatic rings. The first-order valence-electron chi connectivity index (χ1n) is 5.80. The second-order valence-electron chi connectivity index (χ2n) is 4.21. The van der Waals surface area contributed by atoms with E-state index in [0.717, 1.165) is 30.8 Å². The maximum atomic E-state index is 6.14. The molecule has 0 saturated heterocycles. The lowest BCUT2D eigenvalue weighted by atomic mass is 10.00. The minimum absolute atomic E-state index is 0.0162. The standard InChI is InChI=1S/C13H19NO2/c1-3-11-13(14)10-8-9(6-7-15-2)4-5-12(10)16-11/h4-5,8,11,13H,3,6-7,14H2,1-2H3. The van der Waals surface area contributed by atoms with Gasteiger partial charge in [-0.2, -0.15) is 0 Å². The molecule has 0 bridgehead atoms. The smallest absolute Gasteiger partial charge is 0.124 e. The van der Waals surface area contributed by atoms with Crippen molar-refractivity contribution in [3.63, 3.8) is 0 Å². The summed E-state index contributed by atoms with van der Waals surface area (Å²) in [7, 11) is 1.72. The third-order valence-electron chi connectivity index (χ3n) is 3.11. The molecular formula is C13H19NO2. The number of benzene rings is 1. The van der Waals surface area contributed by atoms with Crippen LogP contribution in [0.2, 0.25) is 0 Å². The van der Waals surface area contributed by atoms with Gasteiger partial charge in [-0.3, -0.25) is 0 Å². The molecule has 2 rings (SSSR count). The Morgan fingerprint density at radius 3 is 2.94 bits per heavy atom. The highest BCUT2D eigenvalue weighted by Gasteiger charge is 2.29. The molecule has 0 aromatic heterocycles. The second-order valence-corrected chi connectivity index (χ2v) is 4.21. The van der Waals surface area contributed by atoms with Crippen LogP contribution in [0.25, 0.3) is 0 Å². The number of fused-ring (bicyclic) bond motifs is 1. The first-order chi connectivity index (χ1) is 7.76. The molecule has 0 radical (unpaired) electrons. The zero-order valence-electron chi connectivity index (χ0n) is 9.90. The van der Waals surface area contributed by atoms with E-state index >= 15 is 0 Å². The van der Waals surface area contributed by atoms with Crippen LogP contribution in [0.4, 0.5) is 0 Å². The lowest BCUT2D eigenvalue weighted by Gasteiger charge is -2.11. The van der Waals surface area contributed by atoms with Crippen molar-refractivity contribution in [2.24, 2.45) is 5.73 Å². The van der Waals surface area contributed by atoms with Crippen molar-refractivity contribution in [1.82, 2.24) is 0 Å². The van der Waals surface area contributed by atoms with Gasteiger partial charge in [0, 0.05) is 12.7 Å². The van der Waals surface area contributed by atoms with E-state index in [1.807, 2.05) is 6.07 Å². The third-order valence-corrected chi connectivity index (χ3v) is 3.11. The lowest BCUT2D eigenvalue weighted by Crippen LogP contribution is -2.24. The third kappa shape index (κ3) is 2.06. The van der Waals surface area contributed by atoms with Crippen molar-refractivity contribution < 1.29 is 9.47 Å². The highest BCUT2D eigenvalue weighted by Crippen LogP contribution is 2.36. The van der Waals surface area contributed by atoms with Crippen molar-refractivity contribution in [2.45, 2.75) is 31.9 Å². The summed E-state index contributed by atoms with van der Waals surface area (Å²) in [6.07, 6.45) is 2.00. The van der Waals surface area contributed by atoms with Crippen LogP contribution in [-0.2, 0) is 11.2 Å². The maximum Gasteiger partial charge on any atom is 0.124 e. The molecule has 2 unspecified atom stereocenters. The Hall–Kier alpha value is -1.06. The van der Waals surface area contributed by atoms with Crippen LogP contribution >= 0.6 is 0 Å². The predicted octanol–water partition coefficient (Wildman–Crippen LogP) is 2.05. The van der Waals surface area contributed by atoms with E-state index in [2.05, 4.69) is 19.1 Å². The fraction of sp³-hybridized carbons (Fsp3) is 0.538. The molecule has 0 aliphatic carbocycles. The van der Waals surface area contributed by atoms with Gasteiger partial charge in [-0.05, 0) is 24.5 Å². The Labute approximate surface area is 96.5 Å². The second kappa shape index (κ2) is 4.85. The summed E-state index contributed by atoms with van der Waals surface area (Å²) in [5, 5.41) is 0. The van der Waals surface area contributed by atoms with E-state index in [1.54, 1.807) is 7.11 Å². The average molecular weight is 221 g/mol. The molecule has 3 heteroatoms. The van der Waals surface area contributed by atoms with E-state index in [4.69, 9.17) is 15.2 Å². The molecule has 1 aromatic carbocycles. The summed E-state index contributed by atoms with van der Waals surface area (Å²) in [6.45, 7) is 2.84. The van der Waals surface area contributed by atoms with E-state index in [9.17, 15) is 0 Å². The first-order valence-corrected chi connectivity index (χ1v) is 5.80. The minimum atomic E-state index is 0.0162. The van der Waals surface area contributed by atoms with Gasteiger partial charge in [0.25, 0.3) is 0 Å². The number of hydrogen-bond acceptors (Lipinski definition) is 3. The van der Waals surface area contributed by atoms with E-state index in [-0.39, 0.29) is 12.1 Å². The van der Waals surface area contributed by atoms with Crippen LogP contribution in [0.1, 0.15) is 30.5 Å². The molecule has 2 N–H and O–H groups in total. The predicted molar refractivity (Wildman–Crippen MR) is 63.7 cm³/mol. The molecule has 0 fully saturated rings. The minimum Gasteiger partial charge on any atom is -0.488 e. The van der Waals surface area contributed by atoms with Gasteiger partial charge >= 0.3 is 0 Å². The summed E-state index contributed by atoms with van der Waals surface area (Å²) in [6, 6.07) is 6.27. The highest BCUT2D eigenvalue weighted by molar-refractivity contribution is 5.43. The Morgan fingerprint density at radius 1 is 1.44 bits per heavy atom. The van der Waals surface area contributed by atoms with Crippen LogP contribution < -0.4 is 10.5 Å². The molecule has 0 amide bonds. The lowest BCUT2D eigenvalue weighted by molar-refractivity contribution is 0.202. The van der Waals surface area contributed by atoms with Crippen molar-refractivity contribution in [3.05, 3.63) is 29.3 Å². The normalized spacial score (nSPS) is 22.9. The van der Waals surface area contributed by atoms with Crippen LogP contribution in [0.3, 0.4) is 0 Å². The van der Waals surface area contributed by atoms with Crippen molar-refractivity contribution in [1.29, 1.82) is 0 Å². The molecule has 1 aliphatic heterocycles. The van der Waals surface area contributed by atoms with Crippen molar-refractivity contribution in [2.75, 3.05) is 13.7 Å². The van der Waals surface area contributed by atoms with Gasteiger partial charge in [-0.15, -0.1) is 0 Å². The van der Waals surface area contributed by atoms with Crippen LogP contribution in [-0.4, -0.2) is 19.8 Å². The van der Waals surface area contributed by atoms with Crippen LogP contribution in [0.15, 0.2) is 18.2 Å². The van der Waals surface area contributed by atoms with Gasteiger partial charge < -0.3 is 15.2 Å². The molecule has 1 aromatic rings. The number of nitrogens with two attached hydrogens (primary N) is 1. The number of methoxy groups -OCH3 is 1. The molecule has 2 atom stereocenters. The Morgan fingerprint density at radius 2 is 2.25 bits per heavy atom. The summed E-state index contributed by atoms with van der Waals surface area (Å²) in [5.41, 5.74) is 8.54. The summed E-state index contributed by atoms with van der Waals surface area (Å²) in [5.74, 6) is 0.945. The summed E-state index contributed by atoms with van der Waals surface area (Å²) in [4.78, 5) is 0. The van der Waals surface area contributed by atoms with Crippen molar-refractivity contribution in [3.8, 4) is 5.75 Å². The first kappa shape index (κ1) is 11.4. The zero-order chi connectivity index (χ0) is 11.5. The monoisotopic (exact) mass is 221 g/mol. The molecule has 1 heterocycles. The largest absolute Gasteiger partial charge is 0.488 e. The van der Waals surface area contributed by atoms with E-state index in [1.165, 1.54) is 5.56 Å². The van der Waals surface area contributed by atoms with Gasteiger partial charge in [0.05, 0.1) is 12.6 Å². The van der Waals surface area contributed by atoms with Crippen LogP contribution in [0, 0.1) is 0 Å². The molecule has 3 nitrogen and oxygen atoms in total. The van der Waals surface area contributed by atoms with Gasteiger partial charge in [0.2, 0.25) is 0 Å². The fourth-order valence-electron chi connectivity index (χ4n) is 2.12. The quantitative estimate of drug-likeness (QED) is 0.846. The fourth-order valence-corrected chi connectivity index (χ4v) is 2.12. The Balaban J connectivity index is 2.17. The summed E-state index contributed by atoms with van der Waals surface area (Å²) >= 11 is 0. The average Bonchev–Trinajstić information content (AvgIpc) is 2.63. The number of ether oxygens (including phenoxy) is 2. The van der Waals surface area contributed by atoms with Gasteiger partial charge in [0.15, 0.2) is 0 Å². The van der Waals surface area contributed by atoms with Gasteiger partial charge in [-0.1, -0.05) is 19.1 Å².